The van der Waals surface area contributed by atoms with E-state index in [2.05, 4.69) is 212 Å². The van der Waals surface area contributed by atoms with Gasteiger partial charge in [0, 0.05) is 51.5 Å². The van der Waals surface area contributed by atoms with Crippen molar-refractivity contribution in [3.8, 4) is 11.1 Å². The fraction of sp³-hybridized carbons (Fsp3) is 0.222. The van der Waals surface area contributed by atoms with Gasteiger partial charge in [-0.3, -0.25) is 9.97 Å². The van der Waals surface area contributed by atoms with Gasteiger partial charge in [0.1, 0.15) is 0 Å². The van der Waals surface area contributed by atoms with Crippen LogP contribution in [0, 0.1) is 0 Å². The summed E-state index contributed by atoms with van der Waals surface area (Å²) >= 11 is 0. The largest absolute Gasteiger partial charge is 0.310 e. The normalized spacial score (nSPS) is 12.2. The highest BCUT2D eigenvalue weighted by Crippen LogP contribution is 2.51. The predicted molar refractivity (Wildman–Crippen MR) is 248 cm³/mol. The van der Waals surface area contributed by atoms with Crippen LogP contribution in [0.3, 0.4) is 0 Å². The van der Waals surface area contributed by atoms with Crippen LogP contribution in [0.5, 0.6) is 0 Å². The lowest BCUT2D eigenvalue weighted by Crippen LogP contribution is -2.20. The van der Waals surface area contributed by atoms with Crippen LogP contribution in [0.25, 0.3) is 32.9 Å². The molecule has 2 aromatic heterocycles. The molecule has 0 amide bonds. The van der Waals surface area contributed by atoms with E-state index in [4.69, 9.17) is 9.97 Å². The van der Waals surface area contributed by atoms with Crippen LogP contribution < -0.4 is 9.80 Å². The van der Waals surface area contributed by atoms with Gasteiger partial charge < -0.3 is 9.80 Å². The monoisotopic (exact) mass is 758 g/mol. The number of aromatic nitrogens is 2. The third kappa shape index (κ3) is 7.72. The van der Waals surface area contributed by atoms with Crippen molar-refractivity contribution in [2.45, 2.75) is 78.6 Å². The van der Waals surface area contributed by atoms with Gasteiger partial charge in [-0.15, -0.1) is 0 Å². The molecule has 0 aliphatic heterocycles. The molecule has 0 bridgehead atoms. The first-order chi connectivity index (χ1) is 27.6. The average molecular weight is 759 g/mol. The van der Waals surface area contributed by atoms with E-state index < -0.39 is 0 Å². The Morgan fingerprint density at radius 1 is 0.362 bits per heavy atom. The van der Waals surface area contributed by atoms with Crippen LogP contribution in [-0.2, 0) is 16.2 Å². The highest BCUT2D eigenvalue weighted by molar-refractivity contribution is 6.00. The first-order valence-electron chi connectivity index (χ1n) is 20.4. The summed E-state index contributed by atoms with van der Waals surface area (Å²) in [6.07, 6.45) is 3.76. The van der Waals surface area contributed by atoms with E-state index in [0.29, 0.717) is 0 Å². The second-order valence-corrected chi connectivity index (χ2v) is 18.5. The maximum absolute atomic E-state index is 4.83. The Bertz CT molecular complexity index is 2550. The molecule has 0 radical (unpaired) electrons. The molecule has 8 rings (SSSR count). The van der Waals surface area contributed by atoms with Gasteiger partial charge in [0.2, 0.25) is 0 Å². The van der Waals surface area contributed by atoms with E-state index in [1.54, 1.807) is 0 Å². The first-order valence-corrected chi connectivity index (χ1v) is 20.4. The summed E-state index contributed by atoms with van der Waals surface area (Å²) < 4.78 is 0. The van der Waals surface area contributed by atoms with Gasteiger partial charge in [0.25, 0.3) is 0 Å². The first kappa shape index (κ1) is 38.6. The molecule has 0 fully saturated rings. The Morgan fingerprint density at radius 2 is 0.759 bits per heavy atom. The minimum absolute atomic E-state index is 0.0164. The number of hydrogen-bond acceptors (Lipinski definition) is 4. The lowest BCUT2D eigenvalue weighted by atomic mass is 9.83. The maximum Gasteiger partial charge on any atom is 0.0722 e. The van der Waals surface area contributed by atoms with Crippen molar-refractivity contribution in [1.29, 1.82) is 0 Å². The summed E-state index contributed by atoms with van der Waals surface area (Å²) in [7, 11) is 0. The van der Waals surface area contributed by atoms with Crippen LogP contribution in [0.15, 0.2) is 164 Å². The molecular formula is C54H54N4. The van der Waals surface area contributed by atoms with Crippen molar-refractivity contribution in [2.75, 3.05) is 9.80 Å². The van der Waals surface area contributed by atoms with E-state index in [1.165, 1.54) is 16.7 Å². The van der Waals surface area contributed by atoms with Gasteiger partial charge in [-0.2, -0.15) is 0 Å². The number of fused-ring (bicyclic) bond motifs is 2. The van der Waals surface area contributed by atoms with Crippen LogP contribution in [-0.4, -0.2) is 9.97 Å². The summed E-state index contributed by atoms with van der Waals surface area (Å²) in [5, 5.41) is 2.22. The average Bonchev–Trinajstić information content (AvgIpc) is 3.20. The molecule has 6 aromatic carbocycles. The van der Waals surface area contributed by atoms with Crippen molar-refractivity contribution in [2.24, 2.45) is 0 Å². The van der Waals surface area contributed by atoms with E-state index in [9.17, 15) is 0 Å². The molecule has 4 heteroatoms. The predicted octanol–water partition coefficient (Wildman–Crippen LogP) is 15.3. The topological polar surface area (TPSA) is 32.3 Å². The molecular weight excluding hydrogens is 705 g/mol. The molecule has 0 aliphatic carbocycles. The molecule has 0 saturated carbocycles. The quantitative estimate of drug-likeness (QED) is 0.162. The fourth-order valence-corrected chi connectivity index (χ4v) is 7.76. The molecule has 0 saturated heterocycles. The molecule has 4 nitrogen and oxygen atoms in total. The van der Waals surface area contributed by atoms with E-state index >= 15 is 0 Å². The zero-order valence-corrected chi connectivity index (χ0v) is 35.4. The number of hydrogen-bond donors (Lipinski definition) is 0. The highest BCUT2D eigenvalue weighted by Gasteiger charge is 2.29. The second kappa shape index (κ2) is 14.9. The van der Waals surface area contributed by atoms with Crippen LogP contribution in [0.4, 0.5) is 34.1 Å². The van der Waals surface area contributed by atoms with Gasteiger partial charge in [-0.05, 0) is 111 Å². The third-order valence-corrected chi connectivity index (χ3v) is 11.2. The second-order valence-electron chi connectivity index (χ2n) is 18.5. The Labute approximate surface area is 344 Å². The van der Waals surface area contributed by atoms with Crippen LogP contribution in [0.2, 0.25) is 0 Å². The van der Waals surface area contributed by atoms with E-state index in [-0.39, 0.29) is 16.2 Å². The summed E-state index contributed by atoms with van der Waals surface area (Å²) in [5.41, 5.74) is 14.2. The molecule has 58 heavy (non-hydrogen) atoms. The summed E-state index contributed by atoms with van der Waals surface area (Å²) in [4.78, 5) is 14.5. The number of nitrogens with zero attached hydrogens (tertiary/aromatic N) is 4. The smallest absolute Gasteiger partial charge is 0.0722 e. The molecule has 0 spiro atoms. The molecule has 2 heterocycles. The Hall–Kier alpha value is -6.26. The SMILES string of the molecule is CC(C)(C)c1ccc(N(c2ccc3cccnc3c2)c2cc(C(C)(C)C)cc(N(c3ccc(C(C)(C)C)cc3)c3ccc4cccnc4c3)c2-c2ccccc2)cc1. The van der Waals surface area contributed by atoms with Crippen molar-refractivity contribution in [3.63, 3.8) is 0 Å². The summed E-state index contributed by atoms with van der Waals surface area (Å²) in [5.74, 6) is 0. The lowest BCUT2D eigenvalue weighted by Gasteiger charge is -2.36. The Morgan fingerprint density at radius 3 is 1.16 bits per heavy atom. The third-order valence-electron chi connectivity index (χ3n) is 11.2. The molecule has 290 valence electrons. The molecule has 0 unspecified atom stereocenters. The maximum atomic E-state index is 4.83. The van der Waals surface area contributed by atoms with Crippen LogP contribution >= 0.6 is 0 Å². The number of rotatable bonds is 7. The van der Waals surface area contributed by atoms with Crippen molar-refractivity contribution < 1.29 is 0 Å². The fourth-order valence-electron chi connectivity index (χ4n) is 7.76. The number of pyridine rings is 2. The van der Waals surface area contributed by atoms with Gasteiger partial charge >= 0.3 is 0 Å². The van der Waals surface area contributed by atoms with Gasteiger partial charge in [-0.1, -0.05) is 141 Å². The Balaban J connectivity index is 1.49. The lowest BCUT2D eigenvalue weighted by molar-refractivity contribution is 0.589. The molecule has 0 N–H and O–H groups in total. The minimum atomic E-state index is -0.182. The van der Waals surface area contributed by atoms with Crippen molar-refractivity contribution >= 4 is 55.9 Å². The Kier molecular flexibility index (Phi) is 9.93. The standard InChI is InChI=1S/C54H54N4/c1-52(2,3)40-21-27-43(28-22-40)57(45-25-19-37-17-13-31-55-47(37)35-45)49-33-42(54(7,8)9)34-50(51(49)39-15-11-10-12-16-39)58(44-29-23-41(24-30-44)53(4,5)6)46-26-20-38-18-14-32-56-48(38)36-46/h10-36H,1-9H3. The zero-order valence-electron chi connectivity index (χ0n) is 35.4. The van der Waals surface area contributed by atoms with Gasteiger partial charge in [0.05, 0.1) is 22.4 Å². The molecule has 0 aliphatic rings. The van der Waals surface area contributed by atoms with Gasteiger partial charge in [0.15, 0.2) is 0 Å². The van der Waals surface area contributed by atoms with E-state index in [0.717, 1.165) is 67.1 Å². The van der Waals surface area contributed by atoms with Crippen molar-refractivity contribution in [1.82, 2.24) is 9.97 Å². The van der Waals surface area contributed by atoms with Crippen LogP contribution in [0.1, 0.15) is 79.0 Å². The molecule has 8 aromatic rings. The van der Waals surface area contributed by atoms with E-state index in [1.807, 2.05) is 24.5 Å². The molecule has 0 atom stereocenters. The minimum Gasteiger partial charge on any atom is -0.310 e. The highest BCUT2D eigenvalue weighted by atomic mass is 15.2. The van der Waals surface area contributed by atoms with Gasteiger partial charge in [-0.25, -0.2) is 0 Å². The summed E-state index contributed by atoms with van der Waals surface area (Å²) in [6.45, 7) is 20.5. The van der Waals surface area contributed by atoms with Crippen molar-refractivity contribution in [3.05, 3.63) is 181 Å². The zero-order chi connectivity index (χ0) is 40.8. The number of benzene rings is 6. The number of anilines is 6. The summed E-state index contributed by atoms with van der Waals surface area (Å²) in [6, 6.07) is 55.5.